The van der Waals surface area contributed by atoms with Crippen molar-refractivity contribution in [1.82, 2.24) is 15.5 Å². The average Bonchev–Trinajstić information content (AvgIpc) is 3.02. The lowest BCUT2D eigenvalue weighted by Gasteiger charge is -2.22. The van der Waals surface area contributed by atoms with Crippen LogP contribution in [0.15, 0.2) is 30.3 Å². The molecule has 10 nitrogen and oxygen atoms in total. The molecule has 3 rings (SSSR count). The van der Waals surface area contributed by atoms with Gasteiger partial charge < -0.3 is 14.8 Å². The van der Waals surface area contributed by atoms with Crippen molar-refractivity contribution in [3.05, 3.63) is 41.1 Å². The molecule has 170 valence electrons. The van der Waals surface area contributed by atoms with E-state index in [4.69, 9.17) is 15.4 Å². The number of hydrazone groups is 1. The van der Waals surface area contributed by atoms with E-state index in [0.717, 1.165) is 49.1 Å². The van der Waals surface area contributed by atoms with Crippen LogP contribution < -0.4 is 5.84 Å². The van der Waals surface area contributed by atoms with Crippen molar-refractivity contribution in [3.8, 4) is 0 Å². The largest absolute Gasteiger partial charge is 0.690 e. The number of amidine groups is 1. The number of ether oxygens (including phenoxy) is 1. The number of unbranched alkanes of at least 4 members (excludes halogenated alkanes) is 1. The second-order valence-corrected chi connectivity index (χ2v) is 8.69. The van der Waals surface area contributed by atoms with E-state index in [-0.39, 0.29) is 23.4 Å². The molecule has 0 unspecified atom stereocenters. The van der Waals surface area contributed by atoms with Crippen LogP contribution in [0, 0.1) is 5.21 Å². The van der Waals surface area contributed by atoms with Crippen LogP contribution in [-0.2, 0) is 21.0 Å². The van der Waals surface area contributed by atoms with Crippen molar-refractivity contribution >= 4 is 29.0 Å². The molecule has 2 N–H and O–H groups in total. The van der Waals surface area contributed by atoms with Crippen molar-refractivity contribution in [2.24, 2.45) is 5.84 Å². The Bertz CT molecular complexity index is 787. The molecule has 2 aliphatic rings. The molecule has 1 amide bonds. The third-order valence-corrected chi connectivity index (χ3v) is 6.34. The van der Waals surface area contributed by atoms with Crippen LogP contribution in [0.3, 0.4) is 0 Å². The lowest BCUT2D eigenvalue weighted by atomic mass is 10.0. The number of benzene rings is 1. The van der Waals surface area contributed by atoms with Crippen molar-refractivity contribution in [2.45, 2.75) is 70.1 Å². The summed E-state index contributed by atoms with van der Waals surface area (Å²) in [6.07, 6.45) is 5.81. The first-order chi connectivity index (χ1) is 15.0. The first kappa shape index (κ1) is 23.2. The summed E-state index contributed by atoms with van der Waals surface area (Å²) in [6.45, 7) is 1.94. The molecule has 1 aliphatic carbocycles. The zero-order chi connectivity index (χ0) is 22.2. The minimum Gasteiger partial charge on any atom is -0.690 e. The van der Waals surface area contributed by atoms with Crippen LogP contribution in [0.1, 0.15) is 63.9 Å². The van der Waals surface area contributed by atoms with Gasteiger partial charge in [0, 0.05) is 11.7 Å². The highest BCUT2D eigenvalue weighted by atomic mass is 32.2. The maximum atomic E-state index is 13.0. The smallest absolute Gasteiger partial charge is 0.531 e. The van der Waals surface area contributed by atoms with E-state index < -0.39 is 12.1 Å². The first-order valence-electron chi connectivity index (χ1n) is 10.6. The molecule has 0 radical (unpaired) electrons. The molecule has 0 atom stereocenters. The fraction of sp³-hybridized carbons (Fsp3) is 0.550. The summed E-state index contributed by atoms with van der Waals surface area (Å²) in [6, 6.07) is 9.15. The van der Waals surface area contributed by atoms with Gasteiger partial charge in [-0.2, -0.15) is 10.6 Å². The molecule has 1 heterocycles. The van der Waals surface area contributed by atoms with Gasteiger partial charge in [-0.1, -0.05) is 62.9 Å². The highest BCUT2D eigenvalue weighted by Gasteiger charge is 2.52. The van der Waals surface area contributed by atoms with Crippen molar-refractivity contribution in [2.75, 3.05) is 0 Å². The Morgan fingerprint density at radius 1 is 1.23 bits per heavy atom. The van der Waals surface area contributed by atoms with E-state index in [9.17, 15) is 14.8 Å². The molecule has 1 saturated carbocycles. The van der Waals surface area contributed by atoms with Crippen LogP contribution in [0.2, 0.25) is 0 Å². The van der Waals surface area contributed by atoms with E-state index in [2.05, 4.69) is 0 Å². The molecule has 11 heteroatoms. The summed E-state index contributed by atoms with van der Waals surface area (Å²) in [5.74, 6) is 5.24. The van der Waals surface area contributed by atoms with Gasteiger partial charge >= 0.3 is 17.2 Å². The molecular weight excluding hydrogens is 422 g/mol. The molecule has 1 aromatic carbocycles. The lowest BCUT2D eigenvalue weighted by molar-refractivity contribution is -0.697. The quantitative estimate of drug-likeness (QED) is 0.378. The Hall–Kier alpha value is -2.50. The normalized spacial score (nSPS) is 17.9. The predicted molar refractivity (Wildman–Crippen MR) is 115 cm³/mol. The number of thioether (sulfide) groups is 1. The third kappa shape index (κ3) is 6.02. The predicted octanol–water partition coefficient (Wildman–Crippen LogP) is 3.44. The fourth-order valence-electron chi connectivity index (χ4n) is 3.30. The molecule has 0 aromatic heterocycles. The minimum absolute atomic E-state index is 0.00139. The molecule has 0 spiro atoms. The second kappa shape index (κ2) is 11.2. The third-order valence-electron chi connectivity index (χ3n) is 5.00. The van der Waals surface area contributed by atoms with Crippen LogP contribution in [0.5, 0.6) is 0 Å². The number of hydrogen-bond acceptors (Lipinski definition) is 9. The number of nitrogens with zero attached hydrogens (tertiary/aromatic N) is 4. The first-order valence-corrected chi connectivity index (χ1v) is 11.5. The lowest BCUT2D eigenvalue weighted by Crippen LogP contribution is -2.54. The average molecular weight is 452 g/mol. The molecule has 1 aliphatic heterocycles. The van der Waals surface area contributed by atoms with Crippen molar-refractivity contribution in [3.63, 3.8) is 0 Å². The Morgan fingerprint density at radius 3 is 2.61 bits per heavy atom. The Labute approximate surface area is 186 Å². The maximum absolute atomic E-state index is 13.0. The van der Waals surface area contributed by atoms with Gasteiger partial charge in [-0.3, -0.25) is 4.79 Å². The van der Waals surface area contributed by atoms with Crippen LogP contribution in [-0.4, -0.2) is 42.8 Å². The van der Waals surface area contributed by atoms with Gasteiger partial charge in [0.15, 0.2) is 5.28 Å². The molecular formula is C20H29N5O5S. The monoisotopic (exact) mass is 451 g/mol. The van der Waals surface area contributed by atoms with Crippen LogP contribution >= 0.6 is 11.8 Å². The number of rotatable bonds is 7. The number of nitrogens with two attached hydrogens (primary N) is 1. The Kier molecular flexibility index (Phi) is 8.38. The molecule has 1 aromatic rings. The van der Waals surface area contributed by atoms with Gasteiger partial charge in [-0.15, -0.1) is 4.85 Å². The summed E-state index contributed by atoms with van der Waals surface area (Å²) in [4.78, 5) is 30.7. The summed E-state index contributed by atoms with van der Waals surface area (Å²) in [5.41, 5.74) is 0.784. The number of carbonyl (C=O) groups is 2. The van der Waals surface area contributed by atoms with Gasteiger partial charge in [-0.25, -0.2) is 0 Å². The van der Waals surface area contributed by atoms with Gasteiger partial charge in [0.1, 0.15) is 6.61 Å². The number of hydrogen-bond donors (Lipinski definition) is 1. The summed E-state index contributed by atoms with van der Waals surface area (Å²) in [5, 5.41) is 15.0. The van der Waals surface area contributed by atoms with E-state index in [1.807, 2.05) is 37.3 Å². The Balaban J connectivity index is 1.76. The standard InChI is InChI=1S/C20H29N5O5S/c1-2-3-14-18(26)30-25-22(20(27)29-15-16-10-6-4-7-11-16)19(23(28)24(25)21)31-17-12-8-5-9-13-17/h4,6-7,10-11,17H,2-3,5,8-9,12-15,21H2,1H3. The van der Waals surface area contributed by atoms with Gasteiger partial charge in [0.05, 0.1) is 0 Å². The van der Waals surface area contributed by atoms with E-state index >= 15 is 0 Å². The van der Waals surface area contributed by atoms with Crippen LogP contribution in [0.25, 0.3) is 0 Å². The minimum atomic E-state index is -0.862. The topological polar surface area (TPSA) is 114 Å². The molecule has 31 heavy (non-hydrogen) atoms. The molecule has 0 bridgehead atoms. The van der Waals surface area contributed by atoms with Gasteiger partial charge in [0.25, 0.3) is 0 Å². The van der Waals surface area contributed by atoms with Crippen molar-refractivity contribution in [1.29, 1.82) is 0 Å². The van der Waals surface area contributed by atoms with Crippen molar-refractivity contribution < 1.29 is 24.0 Å². The summed E-state index contributed by atoms with van der Waals surface area (Å²) in [7, 11) is 0. The zero-order valence-corrected chi connectivity index (χ0v) is 18.5. The summed E-state index contributed by atoms with van der Waals surface area (Å²) >= 11 is 1.25. The number of carbonyl (C=O) groups excluding carboxylic acids is 2. The molecule has 1 fully saturated rings. The fourth-order valence-corrected chi connectivity index (χ4v) is 4.58. The summed E-state index contributed by atoms with van der Waals surface area (Å²) < 4.78 is 5.39. The molecule has 0 saturated heterocycles. The SMILES string of the molecule is CCCCC(=O)ON1N(C(=O)OCc2ccccc2)C(SC2CCCCC2)=[N+]([O-])N1N. The van der Waals surface area contributed by atoms with E-state index in [1.54, 1.807) is 0 Å². The second-order valence-electron chi connectivity index (χ2n) is 7.43. The maximum Gasteiger partial charge on any atom is 0.531 e. The number of amides is 1. The Morgan fingerprint density at radius 2 is 1.94 bits per heavy atom. The highest BCUT2D eigenvalue weighted by Crippen LogP contribution is 2.32. The van der Waals surface area contributed by atoms with Crippen LogP contribution in [0.4, 0.5) is 4.79 Å². The van der Waals surface area contributed by atoms with E-state index in [0.29, 0.717) is 21.8 Å². The van der Waals surface area contributed by atoms with Gasteiger partial charge in [0.2, 0.25) is 0 Å². The highest BCUT2D eigenvalue weighted by molar-refractivity contribution is 8.14. The van der Waals surface area contributed by atoms with E-state index in [1.165, 1.54) is 11.8 Å². The zero-order valence-electron chi connectivity index (χ0n) is 17.6. The number of hydrazine groups is 4. The van der Waals surface area contributed by atoms with Gasteiger partial charge in [-0.05, 0) is 46.8 Å².